The number of rotatable bonds is 4. The van der Waals surface area contributed by atoms with E-state index in [1.807, 2.05) is 0 Å². The van der Waals surface area contributed by atoms with Gasteiger partial charge in [-0.1, -0.05) is 140 Å². The predicted octanol–water partition coefficient (Wildman–Crippen LogP) is 9.92. The molecule has 1 saturated heterocycles. The van der Waals surface area contributed by atoms with Gasteiger partial charge in [0.25, 0.3) is 0 Å². The van der Waals surface area contributed by atoms with Crippen LogP contribution >= 0.6 is 0 Å². The van der Waals surface area contributed by atoms with Crippen molar-refractivity contribution in [2.45, 2.75) is 44.3 Å². The van der Waals surface area contributed by atoms with Crippen molar-refractivity contribution in [2.24, 2.45) is 0 Å². The Hall–Kier alpha value is -4.90. The first-order valence-electron chi connectivity index (χ1n) is 16.5. The zero-order chi connectivity index (χ0) is 32.0. The van der Waals surface area contributed by atoms with Gasteiger partial charge in [0.05, 0.1) is 16.6 Å². The fourth-order valence-electron chi connectivity index (χ4n) is 7.84. The van der Waals surface area contributed by atoms with Crippen molar-refractivity contribution < 1.29 is 13.7 Å². The highest BCUT2D eigenvalue weighted by Gasteiger charge is 2.52. The molecule has 0 unspecified atom stereocenters. The summed E-state index contributed by atoms with van der Waals surface area (Å²) in [5, 5.41) is 2.15. The summed E-state index contributed by atoms with van der Waals surface area (Å²) in [6.45, 7) is 8.33. The predicted molar refractivity (Wildman–Crippen MR) is 192 cm³/mol. The van der Waals surface area contributed by atoms with Crippen molar-refractivity contribution in [3.63, 3.8) is 0 Å². The van der Waals surface area contributed by atoms with Gasteiger partial charge in [-0.3, -0.25) is 0 Å². The summed E-state index contributed by atoms with van der Waals surface area (Å²) in [5.41, 5.74) is 11.2. The van der Waals surface area contributed by atoms with E-state index >= 15 is 0 Å². The van der Waals surface area contributed by atoms with E-state index in [0.29, 0.717) is 0 Å². The van der Waals surface area contributed by atoms with Gasteiger partial charge in [-0.05, 0) is 66.6 Å². The maximum absolute atomic E-state index is 6.77. The minimum Gasteiger partial charge on any atom is -0.456 e. The zero-order valence-corrected chi connectivity index (χ0v) is 27.1. The third-order valence-corrected chi connectivity index (χ3v) is 10.9. The van der Waals surface area contributed by atoms with E-state index in [2.05, 4.69) is 167 Å². The second kappa shape index (κ2) is 10.1. The topological polar surface area (TPSA) is 31.6 Å². The van der Waals surface area contributed by atoms with Gasteiger partial charge in [-0.15, -0.1) is 0 Å². The van der Waals surface area contributed by atoms with Crippen LogP contribution in [0.3, 0.4) is 0 Å². The maximum Gasteiger partial charge on any atom is 0.498 e. The summed E-state index contributed by atoms with van der Waals surface area (Å²) in [6.07, 6.45) is 0. The van der Waals surface area contributed by atoms with Crippen molar-refractivity contribution in [3.05, 3.63) is 162 Å². The Kier molecular flexibility index (Phi) is 6.06. The fourth-order valence-corrected chi connectivity index (χ4v) is 7.84. The number of fused-ring (bicyclic) bond motifs is 6. The van der Waals surface area contributed by atoms with Gasteiger partial charge >= 0.3 is 7.12 Å². The first kappa shape index (κ1) is 28.3. The Labute approximate surface area is 275 Å². The third kappa shape index (κ3) is 3.95. The molecule has 6 aromatic carbocycles. The Balaban J connectivity index is 1.20. The van der Waals surface area contributed by atoms with E-state index in [1.54, 1.807) is 0 Å². The summed E-state index contributed by atoms with van der Waals surface area (Å²) in [6, 6.07) is 50.4. The average Bonchev–Trinajstić information content (AvgIpc) is 3.70. The molecule has 3 nitrogen and oxygen atoms in total. The van der Waals surface area contributed by atoms with Crippen molar-refractivity contribution >= 4 is 34.5 Å². The quantitative estimate of drug-likeness (QED) is 0.186. The van der Waals surface area contributed by atoms with Gasteiger partial charge < -0.3 is 13.7 Å². The Morgan fingerprint density at radius 1 is 0.447 bits per heavy atom. The maximum atomic E-state index is 6.77. The standard InChI is InChI=1S/C43H35BO3/c1-41(2)42(3,4)47-44(46-41)38-23-13-20-35-34-19-12-18-31(39(34)45-40(35)38)28-24-26-30(27-25-28)43(29-14-6-5-7-15-29)36-21-10-8-16-32(36)33-17-9-11-22-37(33)43/h5-27H,1-4H3. The number of para-hydroxylation sites is 2. The minimum absolute atomic E-state index is 0.421. The molecular weight excluding hydrogens is 575 g/mol. The summed E-state index contributed by atoms with van der Waals surface area (Å²) in [4.78, 5) is 0. The van der Waals surface area contributed by atoms with Crippen LogP contribution in [-0.2, 0) is 14.7 Å². The number of hydrogen-bond acceptors (Lipinski definition) is 3. The smallest absolute Gasteiger partial charge is 0.456 e. The first-order chi connectivity index (χ1) is 22.8. The molecular formula is C43H35BO3. The molecule has 47 heavy (non-hydrogen) atoms. The van der Waals surface area contributed by atoms with Crippen LogP contribution in [0.25, 0.3) is 44.2 Å². The second-order valence-electron chi connectivity index (χ2n) is 13.9. The lowest BCUT2D eigenvalue weighted by Gasteiger charge is -2.34. The van der Waals surface area contributed by atoms with Crippen molar-refractivity contribution in [2.75, 3.05) is 0 Å². The monoisotopic (exact) mass is 610 g/mol. The van der Waals surface area contributed by atoms with Gasteiger partial charge in [0.2, 0.25) is 0 Å². The highest BCUT2D eigenvalue weighted by Crippen LogP contribution is 2.56. The molecule has 1 fully saturated rings. The summed E-state index contributed by atoms with van der Waals surface area (Å²) < 4.78 is 19.7. The molecule has 0 saturated carbocycles. The molecule has 0 amide bonds. The van der Waals surface area contributed by atoms with Crippen molar-refractivity contribution in [3.8, 4) is 22.3 Å². The van der Waals surface area contributed by atoms with E-state index < -0.39 is 23.7 Å². The largest absolute Gasteiger partial charge is 0.498 e. The molecule has 0 N–H and O–H groups in total. The van der Waals surface area contributed by atoms with Gasteiger partial charge in [0.15, 0.2) is 0 Å². The summed E-state index contributed by atoms with van der Waals surface area (Å²) in [7, 11) is -0.502. The van der Waals surface area contributed by atoms with E-state index in [4.69, 9.17) is 13.7 Å². The van der Waals surface area contributed by atoms with Crippen LogP contribution in [0.2, 0.25) is 0 Å². The van der Waals surface area contributed by atoms with Crippen LogP contribution in [0.5, 0.6) is 0 Å². The second-order valence-corrected chi connectivity index (χ2v) is 13.9. The molecule has 7 aromatic rings. The van der Waals surface area contributed by atoms with Crippen LogP contribution in [0.15, 0.2) is 144 Å². The average molecular weight is 611 g/mol. The summed E-state index contributed by atoms with van der Waals surface area (Å²) >= 11 is 0. The van der Waals surface area contributed by atoms with Crippen LogP contribution in [0, 0.1) is 0 Å². The highest BCUT2D eigenvalue weighted by molar-refractivity contribution is 6.65. The van der Waals surface area contributed by atoms with Crippen LogP contribution in [0.4, 0.5) is 0 Å². The molecule has 228 valence electrons. The number of hydrogen-bond donors (Lipinski definition) is 0. The zero-order valence-electron chi connectivity index (χ0n) is 27.1. The molecule has 2 aliphatic rings. The number of furan rings is 1. The van der Waals surface area contributed by atoms with Crippen molar-refractivity contribution in [1.82, 2.24) is 0 Å². The molecule has 0 spiro atoms. The van der Waals surface area contributed by atoms with Crippen molar-refractivity contribution in [1.29, 1.82) is 0 Å². The SMILES string of the molecule is CC1(C)OB(c2cccc3c2oc2c(-c4ccc(C5(c6ccccc6)c6ccccc6-c6ccccc65)cc4)cccc23)OC1(C)C. The Morgan fingerprint density at radius 2 is 0.957 bits per heavy atom. The molecule has 1 aromatic heterocycles. The molecule has 4 heteroatoms. The molecule has 0 atom stereocenters. The molecule has 0 radical (unpaired) electrons. The first-order valence-corrected chi connectivity index (χ1v) is 16.5. The molecule has 2 heterocycles. The molecule has 1 aliphatic carbocycles. The highest BCUT2D eigenvalue weighted by atomic mass is 16.7. The van der Waals surface area contributed by atoms with Crippen LogP contribution in [0.1, 0.15) is 49.9 Å². The molecule has 0 bridgehead atoms. The Bertz CT molecular complexity index is 2250. The fraction of sp³-hybridized carbons (Fsp3) is 0.163. The third-order valence-electron chi connectivity index (χ3n) is 10.9. The van der Waals surface area contributed by atoms with E-state index in [1.165, 1.54) is 33.4 Å². The lowest BCUT2D eigenvalue weighted by molar-refractivity contribution is 0.00578. The number of benzene rings is 6. The van der Waals surface area contributed by atoms with Gasteiger partial charge in [-0.2, -0.15) is 0 Å². The molecule has 1 aliphatic heterocycles. The van der Waals surface area contributed by atoms with E-state index in [-0.39, 0.29) is 0 Å². The van der Waals surface area contributed by atoms with Gasteiger partial charge in [0.1, 0.15) is 11.2 Å². The van der Waals surface area contributed by atoms with E-state index in [0.717, 1.165) is 38.5 Å². The van der Waals surface area contributed by atoms with Gasteiger partial charge in [-0.25, -0.2) is 0 Å². The van der Waals surface area contributed by atoms with Crippen LogP contribution < -0.4 is 5.46 Å². The van der Waals surface area contributed by atoms with Gasteiger partial charge in [0, 0.05) is 21.8 Å². The van der Waals surface area contributed by atoms with E-state index in [9.17, 15) is 0 Å². The van der Waals surface area contributed by atoms with Crippen LogP contribution in [-0.4, -0.2) is 18.3 Å². The minimum atomic E-state index is -0.502. The normalized spacial score (nSPS) is 17.2. The molecule has 9 rings (SSSR count). The Morgan fingerprint density at radius 3 is 1.60 bits per heavy atom. The lowest BCUT2D eigenvalue weighted by Crippen LogP contribution is -2.41. The summed E-state index contributed by atoms with van der Waals surface area (Å²) in [5.74, 6) is 0. The lowest BCUT2D eigenvalue weighted by atomic mass is 9.67.